The van der Waals surface area contributed by atoms with Crippen molar-refractivity contribution >= 4 is 17.7 Å². The maximum absolute atomic E-state index is 12.8. The first-order valence-corrected chi connectivity index (χ1v) is 10.2. The fourth-order valence-electron chi connectivity index (χ4n) is 3.48. The number of hydrogen-bond donors (Lipinski definition) is 1. The zero-order valence-corrected chi connectivity index (χ0v) is 16.5. The van der Waals surface area contributed by atoms with Crippen LogP contribution in [0.3, 0.4) is 0 Å². The molecule has 2 aromatic carbocycles. The van der Waals surface area contributed by atoms with Crippen LogP contribution >= 0.6 is 11.8 Å². The van der Waals surface area contributed by atoms with E-state index in [1.54, 1.807) is 11.8 Å². The quantitative estimate of drug-likeness (QED) is 0.696. The van der Waals surface area contributed by atoms with Gasteiger partial charge in [0.25, 0.3) is 0 Å². The van der Waals surface area contributed by atoms with E-state index in [4.69, 9.17) is 4.74 Å². The molecule has 2 aromatic rings. The molecule has 3 rings (SSSR count). The zero-order chi connectivity index (χ0) is 18.6. The number of amides is 1. The van der Waals surface area contributed by atoms with Gasteiger partial charge in [-0.2, -0.15) is 0 Å². The van der Waals surface area contributed by atoms with Gasteiger partial charge in [0.1, 0.15) is 11.4 Å². The number of carbonyl (C=O) groups is 1. The molecule has 1 aliphatic rings. The summed E-state index contributed by atoms with van der Waals surface area (Å²) in [6.45, 7) is 6.28. The summed E-state index contributed by atoms with van der Waals surface area (Å²) in [5.41, 5.74) is 0.873. The summed E-state index contributed by atoms with van der Waals surface area (Å²) in [6, 6.07) is 18.1. The Hall–Kier alpha value is -1.94. The van der Waals surface area contributed by atoms with Gasteiger partial charge in [-0.25, -0.2) is 0 Å². The largest absolute Gasteiger partial charge is 0.487 e. The summed E-state index contributed by atoms with van der Waals surface area (Å²) < 4.78 is 6.33. The molecule has 138 valence electrons. The van der Waals surface area contributed by atoms with Crippen LogP contribution in [0.15, 0.2) is 59.5 Å². The second kappa shape index (κ2) is 8.17. The monoisotopic (exact) mass is 369 g/mol. The number of rotatable bonds is 6. The Balaban J connectivity index is 1.76. The van der Waals surface area contributed by atoms with Crippen molar-refractivity contribution in [2.24, 2.45) is 0 Å². The third-order valence-electron chi connectivity index (χ3n) is 5.23. The molecule has 0 spiro atoms. The summed E-state index contributed by atoms with van der Waals surface area (Å²) in [7, 11) is 0. The summed E-state index contributed by atoms with van der Waals surface area (Å²) in [5, 5.41) is 3.13. The van der Waals surface area contributed by atoms with E-state index >= 15 is 0 Å². The molecule has 4 heteroatoms. The number of hydrogen-bond acceptors (Lipinski definition) is 3. The molecule has 0 fully saturated rings. The third-order valence-corrected chi connectivity index (χ3v) is 6.34. The fourth-order valence-corrected chi connectivity index (χ4v) is 4.37. The lowest BCUT2D eigenvalue weighted by Gasteiger charge is -2.42. The SMILES string of the molecule is CCC1(CC)C[C@H](NC(=O)[C@@H](C)Sc2ccccc2)c2ccccc2O1. The maximum atomic E-state index is 12.8. The normalized spacial score (nSPS) is 19.1. The molecule has 0 bridgehead atoms. The molecule has 0 saturated carbocycles. The standard InChI is InChI=1S/C22H27NO2S/c1-4-22(5-2)15-19(18-13-9-10-14-20(18)25-22)23-21(24)16(3)26-17-11-7-6-8-12-17/h6-14,16,19H,4-5,15H2,1-3H3,(H,23,24)/t16-,19+/m1/s1. The number of fused-ring (bicyclic) bond motifs is 1. The lowest BCUT2D eigenvalue weighted by Crippen LogP contribution is -2.45. The van der Waals surface area contributed by atoms with Crippen molar-refractivity contribution < 1.29 is 9.53 Å². The Labute approximate surface area is 160 Å². The van der Waals surface area contributed by atoms with Gasteiger partial charge in [-0.3, -0.25) is 4.79 Å². The number of thioether (sulfide) groups is 1. The average Bonchev–Trinajstić information content (AvgIpc) is 2.68. The summed E-state index contributed by atoms with van der Waals surface area (Å²) in [6.07, 6.45) is 2.67. The lowest BCUT2D eigenvalue weighted by atomic mass is 9.83. The summed E-state index contributed by atoms with van der Waals surface area (Å²) in [5.74, 6) is 0.970. The van der Waals surface area contributed by atoms with E-state index in [1.165, 1.54) is 0 Å². The Morgan fingerprint density at radius 2 is 1.81 bits per heavy atom. The Bertz CT molecular complexity index is 743. The van der Waals surface area contributed by atoms with Crippen LogP contribution in [0.2, 0.25) is 0 Å². The number of nitrogens with one attached hydrogen (secondary N) is 1. The van der Waals surface area contributed by atoms with E-state index in [2.05, 4.69) is 25.2 Å². The topological polar surface area (TPSA) is 38.3 Å². The van der Waals surface area contributed by atoms with Crippen LogP contribution in [0.5, 0.6) is 5.75 Å². The highest BCUT2D eigenvalue weighted by molar-refractivity contribution is 8.00. The van der Waals surface area contributed by atoms with Crippen LogP contribution in [0.4, 0.5) is 0 Å². The van der Waals surface area contributed by atoms with Crippen LogP contribution in [0, 0.1) is 0 Å². The average molecular weight is 370 g/mol. The molecule has 1 heterocycles. The Morgan fingerprint density at radius 3 is 2.50 bits per heavy atom. The molecular weight excluding hydrogens is 342 g/mol. The highest BCUT2D eigenvalue weighted by Gasteiger charge is 2.39. The first kappa shape index (κ1) is 18.8. The van der Waals surface area contributed by atoms with Gasteiger partial charge in [0.2, 0.25) is 5.91 Å². The number of carbonyl (C=O) groups excluding carboxylic acids is 1. The van der Waals surface area contributed by atoms with E-state index < -0.39 is 0 Å². The highest BCUT2D eigenvalue weighted by atomic mass is 32.2. The Kier molecular flexibility index (Phi) is 5.92. The first-order valence-electron chi connectivity index (χ1n) is 9.37. The van der Waals surface area contributed by atoms with Gasteiger partial charge in [0, 0.05) is 16.9 Å². The predicted molar refractivity (Wildman–Crippen MR) is 108 cm³/mol. The van der Waals surface area contributed by atoms with Gasteiger partial charge in [-0.05, 0) is 38.0 Å². The molecule has 2 atom stereocenters. The van der Waals surface area contributed by atoms with Crippen molar-refractivity contribution in [3.8, 4) is 5.75 Å². The second-order valence-corrected chi connectivity index (χ2v) is 8.28. The van der Waals surface area contributed by atoms with Crippen molar-refractivity contribution in [1.29, 1.82) is 0 Å². The number of benzene rings is 2. The van der Waals surface area contributed by atoms with Crippen molar-refractivity contribution in [2.45, 2.75) is 61.8 Å². The minimum Gasteiger partial charge on any atom is -0.487 e. The van der Waals surface area contributed by atoms with Crippen LogP contribution < -0.4 is 10.1 Å². The van der Waals surface area contributed by atoms with Crippen LogP contribution in [0.25, 0.3) is 0 Å². The maximum Gasteiger partial charge on any atom is 0.233 e. The Morgan fingerprint density at radius 1 is 1.15 bits per heavy atom. The molecule has 0 saturated heterocycles. The number of para-hydroxylation sites is 1. The van der Waals surface area contributed by atoms with Gasteiger partial charge in [0.05, 0.1) is 11.3 Å². The summed E-state index contributed by atoms with van der Waals surface area (Å²) >= 11 is 1.59. The van der Waals surface area contributed by atoms with Crippen molar-refractivity contribution in [3.05, 3.63) is 60.2 Å². The zero-order valence-electron chi connectivity index (χ0n) is 15.7. The fraction of sp³-hybridized carbons (Fsp3) is 0.409. The molecule has 0 aromatic heterocycles. The second-order valence-electron chi connectivity index (χ2n) is 6.87. The van der Waals surface area contributed by atoms with Crippen molar-refractivity contribution in [1.82, 2.24) is 5.32 Å². The summed E-state index contributed by atoms with van der Waals surface area (Å²) in [4.78, 5) is 14.0. The van der Waals surface area contributed by atoms with E-state index in [9.17, 15) is 4.79 Å². The molecule has 3 nitrogen and oxygen atoms in total. The molecule has 0 aliphatic carbocycles. The minimum atomic E-state index is -0.206. The van der Waals surface area contributed by atoms with E-state index in [0.717, 1.165) is 35.5 Å². The lowest BCUT2D eigenvalue weighted by molar-refractivity contribution is -0.121. The molecule has 1 aliphatic heterocycles. The third kappa shape index (κ3) is 4.07. The molecule has 26 heavy (non-hydrogen) atoms. The van der Waals surface area contributed by atoms with Gasteiger partial charge < -0.3 is 10.1 Å². The van der Waals surface area contributed by atoms with Crippen molar-refractivity contribution in [2.75, 3.05) is 0 Å². The van der Waals surface area contributed by atoms with Gasteiger partial charge in [-0.1, -0.05) is 50.2 Å². The highest BCUT2D eigenvalue weighted by Crippen LogP contribution is 2.42. The molecule has 0 radical (unpaired) electrons. The van der Waals surface area contributed by atoms with Crippen molar-refractivity contribution in [3.63, 3.8) is 0 Å². The minimum absolute atomic E-state index is 0.00817. The van der Waals surface area contributed by atoms with Crippen LogP contribution in [-0.4, -0.2) is 16.8 Å². The number of ether oxygens (including phenoxy) is 1. The smallest absolute Gasteiger partial charge is 0.233 e. The van der Waals surface area contributed by atoms with Crippen LogP contribution in [0.1, 0.15) is 51.6 Å². The van der Waals surface area contributed by atoms with Gasteiger partial charge >= 0.3 is 0 Å². The van der Waals surface area contributed by atoms with E-state index in [-0.39, 0.29) is 22.8 Å². The molecule has 1 amide bonds. The molecule has 0 unspecified atom stereocenters. The van der Waals surface area contributed by atoms with Gasteiger partial charge in [-0.15, -0.1) is 11.8 Å². The predicted octanol–water partition coefficient (Wildman–Crippen LogP) is 5.37. The van der Waals surface area contributed by atoms with Crippen LogP contribution in [-0.2, 0) is 4.79 Å². The van der Waals surface area contributed by atoms with E-state index in [0.29, 0.717) is 0 Å². The van der Waals surface area contributed by atoms with Gasteiger partial charge in [0.15, 0.2) is 0 Å². The van der Waals surface area contributed by atoms with E-state index in [1.807, 2.05) is 55.5 Å². The molecular formula is C22H27NO2S. The molecule has 1 N–H and O–H groups in total. The first-order chi connectivity index (χ1) is 12.6.